The number of aromatic nitrogens is 5. The molecule has 4 fully saturated rings. The van der Waals surface area contributed by atoms with Crippen molar-refractivity contribution >= 4 is 46.1 Å². The van der Waals surface area contributed by atoms with E-state index in [1.165, 1.54) is 24.5 Å². The third kappa shape index (κ3) is 21.6. The molecule has 506 valence electrons. The van der Waals surface area contributed by atoms with Crippen LogP contribution in [0.2, 0.25) is 0 Å². The molecule has 0 amide bonds. The Balaban J connectivity index is 0.000000181. The largest absolute Gasteiger partial charge is 0.494 e. The third-order valence-electron chi connectivity index (χ3n) is 15.9. The Hall–Kier alpha value is -8.80. The van der Waals surface area contributed by atoms with Gasteiger partial charge in [0.2, 0.25) is 23.7 Å². The number of hydrogen-bond acceptors (Lipinski definition) is 20. The highest BCUT2D eigenvalue weighted by Crippen LogP contribution is 2.38. The van der Waals surface area contributed by atoms with E-state index in [1.54, 1.807) is 42.6 Å². The van der Waals surface area contributed by atoms with Gasteiger partial charge >= 0.3 is 7.12 Å². The van der Waals surface area contributed by atoms with Gasteiger partial charge in [-0.3, -0.25) is 0 Å². The van der Waals surface area contributed by atoms with Crippen LogP contribution in [0.25, 0.3) is 22.3 Å². The highest BCUT2D eigenvalue weighted by atomic mass is 79.9. The highest BCUT2D eigenvalue weighted by Gasteiger charge is 2.52. The van der Waals surface area contributed by atoms with Crippen LogP contribution in [0.15, 0.2) is 135 Å². The Kier molecular flexibility index (Phi) is 26.6. The number of anilines is 3. The fourth-order valence-corrected chi connectivity index (χ4v) is 9.99. The topological polar surface area (TPSA) is 274 Å². The quantitative estimate of drug-likeness (QED) is 0.0899. The normalized spacial score (nSPS) is 16.0. The molecule has 0 unspecified atom stereocenters. The first kappa shape index (κ1) is 74.6. The summed E-state index contributed by atoms with van der Waals surface area (Å²) < 4.78 is 82.1. The number of hydrogen-bond donors (Lipinski definition) is 2. The monoisotopic (exact) mass is 1380 g/mol. The van der Waals surface area contributed by atoms with Crippen molar-refractivity contribution in [2.75, 3.05) is 50.7 Å². The summed E-state index contributed by atoms with van der Waals surface area (Å²) >= 11 is 3.08. The minimum Gasteiger partial charge on any atom is -0.489 e. The summed E-state index contributed by atoms with van der Waals surface area (Å²) in [5.74, 6) is 2.34. The minimum absolute atomic E-state index is 0. The van der Waals surface area contributed by atoms with Crippen LogP contribution in [-0.2, 0) is 34.3 Å². The van der Waals surface area contributed by atoms with Gasteiger partial charge in [-0.2, -0.15) is 24.6 Å². The molecule has 3 N–H and O–H groups in total. The zero-order valence-corrected chi connectivity index (χ0v) is 56.8. The van der Waals surface area contributed by atoms with Crippen molar-refractivity contribution < 1.29 is 55.6 Å². The molecular weight excluding hydrogens is 1290 g/mol. The lowest BCUT2D eigenvalue weighted by Crippen LogP contribution is -2.41. The summed E-state index contributed by atoms with van der Waals surface area (Å²) in [6.07, 6.45) is 9.81. The van der Waals surface area contributed by atoms with E-state index in [1.807, 2.05) is 82.3 Å². The van der Waals surface area contributed by atoms with Gasteiger partial charge in [-0.25, -0.2) is 15.0 Å². The number of rotatable bonds is 11. The van der Waals surface area contributed by atoms with Crippen molar-refractivity contribution in [3.8, 4) is 57.7 Å². The summed E-state index contributed by atoms with van der Waals surface area (Å²) in [5, 5.41) is 39.5. The molecule has 20 nitrogen and oxygen atoms in total. The van der Waals surface area contributed by atoms with Crippen molar-refractivity contribution in [3.63, 3.8) is 0 Å². The fourth-order valence-electron chi connectivity index (χ4n) is 9.68. The average molecular weight is 1380 g/mol. The molecule has 4 aliphatic heterocycles. The molecular formula is C72H84BBrF2N10O10. The number of benzene rings is 3. The molecule has 4 aliphatic rings. The summed E-state index contributed by atoms with van der Waals surface area (Å²) in [6.45, 7) is 24.6. The molecule has 9 heterocycles. The molecule has 0 aliphatic carbocycles. The molecule has 3 aromatic carbocycles. The van der Waals surface area contributed by atoms with Crippen molar-refractivity contribution in [2.24, 2.45) is 0 Å². The van der Waals surface area contributed by atoms with Crippen LogP contribution in [0, 0.1) is 45.9 Å². The van der Waals surface area contributed by atoms with Gasteiger partial charge in [0.1, 0.15) is 59.6 Å². The second-order valence-corrected chi connectivity index (χ2v) is 26.7. The van der Waals surface area contributed by atoms with Crippen LogP contribution >= 0.6 is 15.9 Å². The Morgan fingerprint density at radius 1 is 0.531 bits per heavy atom. The first-order valence-electron chi connectivity index (χ1n) is 31.3. The lowest BCUT2D eigenvalue weighted by atomic mass is 9.78. The van der Waals surface area contributed by atoms with Gasteiger partial charge in [0.15, 0.2) is 0 Å². The third-order valence-corrected chi connectivity index (χ3v) is 16.4. The first-order chi connectivity index (χ1) is 45.3. The molecule has 0 radical (unpaired) electrons. The van der Waals surface area contributed by atoms with Gasteiger partial charge in [0.25, 0.3) is 0 Å². The fraction of sp³-hybridized carbons (Fsp3) is 0.417. The van der Waals surface area contributed by atoms with E-state index in [0.717, 1.165) is 72.1 Å². The Morgan fingerprint density at radius 2 is 0.938 bits per heavy atom. The van der Waals surface area contributed by atoms with Gasteiger partial charge in [-0.1, -0.05) is 93.4 Å². The van der Waals surface area contributed by atoms with E-state index in [4.69, 9.17) is 52.5 Å². The summed E-state index contributed by atoms with van der Waals surface area (Å²) in [4.78, 5) is 11.2. The highest BCUT2D eigenvalue weighted by molar-refractivity contribution is 9.10. The Labute approximate surface area is 570 Å². The van der Waals surface area contributed by atoms with Crippen molar-refractivity contribution in [2.45, 2.75) is 156 Å². The van der Waals surface area contributed by atoms with E-state index < -0.39 is 30.2 Å². The van der Waals surface area contributed by atoms with E-state index in [9.17, 15) is 24.6 Å². The standard InChI is InChI=1S/C24H26N4O3.C18H24BNO4.C17H15FN2O2.C7H12N2O.C5H3BrFN.CH4/c1-24(2,3)21-14-23(31-28-21)27-22-13-17(6-9-26-22)16-4-5-20(18(12-16)15-25)30-19-7-10-29-11-8-19;1-17(2)18(3,4)24-19(23-17)14-5-6-16(13(11-14)12-20)22-15-7-9-21-10-8-15;18-17-10-13(3-6-20-17)12-1-2-16(14(9-12)11-19)22-15-4-7-21-8-5-15;1-7(2,3)5-4-6(8)10-9-5;6-4-1-2-8-5(7)3-4;/h4-6,9,12-14,19H,7-8,10-11H2,1-3H3,(H,26,27);5-6,11,15H,7-10H2,1-4H3;1-3,6,9-10,15H,4-5,7-8H2;4H,8H2,1-3H3;1-3H;1H4. The predicted octanol–water partition coefficient (Wildman–Crippen LogP) is 15.1. The molecule has 0 bridgehead atoms. The Morgan fingerprint density at radius 3 is 1.33 bits per heavy atom. The second kappa shape index (κ2) is 34.2. The van der Waals surface area contributed by atoms with Crippen LogP contribution in [0.3, 0.4) is 0 Å². The van der Waals surface area contributed by atoms with Crippen LogP contribution in [-0.4, -0.2) is 102 Å². The predicted molar refractivity (Wildman–Crippen MR) is 366 cm³/mol. The van der Waals surface area contributed by atoms with E-state index in [0.29, 0.717) is 101 Å². The molecule has 12 rings (SSSR count). The van der Waals surface area contributed by atoms with Gasteiger partial charge < -0.3 is 57.8 Å². The van der Waals surface area contributed by atoms with Gasteiger partial charge in [0, 0.05) is 96.7 Å². The molecule has 5 aromatic heterocycles. The number of ether oxygens (including phenoxy) is 6. The van der Waals surface area contributed by atoms with E-state index in [2.05, 4.69) is 106 Å². The maximum absolute atomic E-state index is 13.2. The second-order valence-electron chi connectivity index (χ2n) is 25.8. The summed E-state index contributed by atoms with van der Waals surface area (Å²) in [6, 6.07) is 36.6. The van der Waals surface area contributed by atoms with E-state index >= 15 is 0 Å². The summed E-state index contributed by atoms with van der Waals surface area (Å²) in [5.41, 5.74) is 11.8. The average Bonchev–Trinajstić information content (AvgIpc) is 1.62. The minimum atomic E-state index is -0.543. The lowest BCUT2D eigenvalue weighted by Gasteiger charge is -2.32. The lowest BCUT2D eigenvalue weighted by molar-refractivity contribution is 0.00578. The number of nitrogens with one attached hydrogen (secondary N) is 1. The molecule has 4 saturated heterocycles. The zero-order valence-electron chi connectivity index (χ0n) is 55.2. The molecule has 0 saturated carbocycles. The SMILES string of the molecule is C.CC(C)(C)c1cc(N)on1.CC(C)(C)c1cc(Nc2cc(-c3ccc(OC4CCOCC4)c(C#N)c3)ccn2)on1.CC1(C)OB(c2ccc(OC3CCOCC3)c(C#N)c2)OC1(C)C.Fc1cc(Br)ccn1.N#Cc1cc(-c2ccnc(F)c2)ccc1OC1CCOCC1. The van der Waals surface area contributed by atoms with Crippen LogP contribution < -0.4 is 30.7 Å². The molecule has 8 aromatic rings. The van der Waals surface area contributed by atoms with Crippen LogP contribution in [0.5, 0.6) is 17.2 Å². The van der Waals surface area contributed by atoms with Gasteiger partial charge in [0.05, 0.1) is 78.9 Å². The smallest absolute Gasteiger partial charge is 0.489 e. The number of nitriles is 3. The van der Waals surface area contributed by atoms with Crippen LogP contribution in [0.4, 0.5) is 26.4 Å². The molecule has 0 atom stereocenters. The number of nitrogens with zero attached hydrogens (tertiary/aromatic N) is 8. The number of halogens is 3. The zero-order chi connectivity index (χ0) is 68.3. The number of nitrogens with two attached hydrogens (primary N) is 1. The Bertz CT molecular complexity index is 3920. The maximum Gasteiger partial charge on any atom is 0.494 e. The molecule has 0 spiro atoms. The maximum atomic E-state index is 13.2. The summed E-state index contributed by atoms with van der Waals surface area (Å²) in [7, 11) is -0.473. The van der Waals surface area contributed by atoms with Crippen LogP contribution in [0.1, 0.15) is 143 Å². The van der Waals surface area contributed by atoms with E-state index in [-0.39, 0.29) is 36.6 Å². The first-order valence-corrected chi connectivity index (χ1v) is 32.1. The van der Waals surface area contributed by atoms with Gasteiger partial charge in [-0.05, 0) is 116 Å². The number of pyridine rings is 3. The van der Waals surface area contributed by atoms with Crippen molar-refractivity contribution in [3.05, 3.63) is 166 Å². The van der Waals surface area contributed by atoms with Crippen molar-refractivity contribution in [1.82, 2.24) is 25.3 Å². The van der Waals surface area contributed by atoms with Crippen molar-refractivity contribution in [1.29, 1.82) is 15.8 Å². The molecule has 24 heteroatoms. The number of nitrogen functional groups attached to an aromatic ring is 1. The van der Waals surface area contributed by atoms with Gasteiger partial charge in [-0.15, -0.1) is 0 Å². The molecule has 96 heavy (non-hydrogen) atoms.